The van der Waals surface area contributed by atoms with Crippen LogP contribution in [0.5, 0.6) is 0 Å². The quantitative estimate of drug-likeness (QED) is 0.0170. The lowest BCUT2D eigenvalue weighted by atomic mass is 10.0. The second-order valence-corrected chi connectivity index (χ2v) is 17.4. The van der Waals surface area contributed by atoms with Gasteiger partial charge in [0.25, 0.3) is 0 Å². The van der Waals surface area contributed by atoms with Crippen LogP contribution in [0.1, 0.15) is 149 Å². The summed E-state index contributed by atoms with van der Waals surface area (Å²) in [4.78, 5) is 52.5. The normalized spacial score (nSPS) is 15.2. The maximum Gasteiger partial charge on any atom is 0.472 e. The van der Waals surface area contributed by atoms with E-state index in [-0.39, 0.29) is 18.9 Å². The van der Waals surface area contributed by atoms with Crippen molar-refractivity contribution in [2.45, 2.75) is 167 Å². The van der Waals surface area contributed by atoms with Crippen LogP contribution in [-0.2, 0) is 41.8 Å². The Kier molecular flexibility index (Phi) is 34.7. The van der Waals surface area contributed by atoms with E-state index in [2.05, 4.69) is 59.4 Å². The molecule has 4 atom stereocenters. The number of rotatable bonds is 38. The molecular weight excluding hydrogens is 778 g/mol. The standard InChI is InChI=1S/C41H74O14P2/c1-36(2)28-24-20-16-12-11-15-19-23-27-31-41(45)55-39(35-54-57(49,50)53-33-38(43)32-52-56(46,47)48)34-51-40(44)30-26-22-18-14-10-8-6-4-5-7-9-13-17-21-25-29-37(3)42/h5-8,13-14,17-18,36-39,42-43H,4,9-12,15-16,19-35H2,1-3H3,(H,49,50)(H2,46,47,48)/b7-5-,8-6-,17-13-,18-14-/t37-,38+,39-/m1/s1. The number of carbonyl (C=O) groups is 2. The molecule has 0 rings (SSSR count). The van der Waals surface area contributed by atoms with Gasteiger partial charge in [0.1, 0.15) is 12.7 Å². The van der Waals surface area contributed by atoms with Crippen molar-refractivity contribution in [3.05, 3.63) is 48.6 Å². The molecule has 16 heteroatoms. The van der Waals surface area contributed by atoms with Crippen LogP contribution in [0.4, 0.5) is 0 Å². The Morgan fingerprint density at radius 3 is 1.56 bits per heavy atom. The lowest BCUT2D eigenvalue weighted by Gasteiger charge is -2.20. The fourth-order valence-corrected chi connectivity index (χ4v) is 6.40. The molecule has 0 amide bonds. The number of phosphoric acid groups is 2. The number of allylic oxidation sites excluding steroid dienone is 8. The summed E-state index contributed by atoms with van der Waals surface area (Å²) >= 11 is 0. The Labute approximate surface area is 342 Å². The highest BCUT2D eigenvalue weighted by atomic mass is 31.2. The molecule has 0 aliphatic carbocycles. The van der Waals surface area contributed by atoms with Gasteiger partial charge in [-0.05, 0) is 70.6 Å². The van der Waals surface area contributed by atoms with Crippen molar-refractivity contribution < 1.29 is 66.7 Å². The monoisotopic (exact) mass is 852 g/mol. The van der Waals surface area contributed by atoms with E-state index in [1.54, 1.807) is 6.92 Å². The van der Waals surface area contributed by atoms with Crippen LogP contribution in [-0.4, -0.2) is 81.6 Å². The van der Waals surface area contributed by atoms with E-state index >= 15 is 0 Å². The molecule has 14 nitrogen and oxygen atoms in total. The number of hydrogen-bond donors (Lipinski definition) is 5. The number of aliphatic hydroxyl groups is 2. The Morgan fingerprint density at radius 2 is 1.02 bits per heavy atom. The molecule has 0 radical (unpaired) electrons. The number of ether oxygens (including phenoxy) is 2. The topological polar surface area (TPSA) is 216 Å². The van der Waals surface area contributed by atoms with Crippen molar-refractivity contribution in [1.29, 1.82) is 0 Å². The molecule has 1 unspecified atom stereocenters. The van der Waals surface area contributed by atoms with Gasteiger partial charge in [0.05, 0.1) is 25.9 Å². The van der Waals surface area contributed by atoms with E-state index in [0.29, 0.717) is 19.3 Å². The highest BCUT2D eigenvalue weighted by Crippen LogP contribution is 2.43. The molecule has 0 bridgehead atoms. The molecule has 0 saturated carbocycles. The van der Waals surface area contributed by atoms with Gasteiger partial charge in [0.2, 0.25) is 0 Å². The molecule has 0 spiro atoms. The Morgan fingerprint density at radius 1 is 0.544 bits per heavy atom. The van der Waals surface area contributed by atoms with E-state index in [4.69, 9.17) is 23.8 Å². The third-order valence-corrected chi connectivity index (χ3v) is 9.84. The Bertz CT molecular complexity index is 1230. The Balaban J connectivity index is 4.62. The van der Waals surface area contributed by atoms with E-state index in [0.717, 1.165) is 70.1 Å². The van der Waals surface area contributed by atoms with Gasteiger partial charge in [0, 0.05) is 12.8 Å². The van der Waals surface area contributed by atoms with Crippen LogP contribution in [0.3, 0.4) is 0 Å². The number of phosphoric ester groups is 2. The van der Waals surface area contributed by atoms with Gasteiger partial charge in [-0.2, -0.15) is 0 Å². The summed E-state index contributed by atoms with van der Waals surface area (Å²) in [6, 6.07) is 0. The second-order valence-electron chi connectivity index (χ2n) is 14.7. The molecule has 0 aromatic rings. The number of unbranched alkanes of at least 4 members (excludes halogenated alkanes) is 10. The van der Waals surface area contributed by atoms with Crippen LogP contribution in [0.25, 0.3) is 0 Å². The summed E-state index contributed by atoms with van der Waals surface area (Å²) in [6.45, 7) is 3.50. The fourth-order valence-electron chi connectivity index (χ4n) is 5.25. The van der Waals surface area contributed by atoms with Crippen molar-refractivity contribution in [1.82, 2.24) is 0 Å². The summed E-state index contributed by atoms with van der Waals surface area (Å²) in [5, 5.41) is 19.0. The Hall–Kier alpha value is -1.96. The summed E-state index contributed by atoms with van der Waals surface area (Å²) < 4.78 is 47.6. The molecule has 57 heavy (non-hydrogen) atoms. The highest BCUT2D eigenvalue weighted by Gasteiger charge is 2.28. The first kappa shape index (κ1) is 55.0. The molecule has 0 aliphatic rings. The van der Waals surface area contributed by atoms with E-state index in [1.165, 1.54) is 32.1 Å². The minimum Gasteiger partial charge on any atom is -0.462 e. The van der Waals surface area contributed by atoms with Gasteiger partial charge in [-0.1, -0.05) is 120 Å². The van der Waals surface area contributed by atoms with Crippen LogP contribution < -0.4 is 0 Å². The third kappa shape index (κ3) is 42.0. The predicted octanol–water partition coefficient (Wildman–Crippen LogP) is 9.11. The first-order valence-electron chi connectivity index (χ1n) is 20.7. The lowest BCUT2D eigenvalue weighted by Crippen LogP contribution is -2.30. The average molecular weight is 853 g/mol. The van der Waals surface area contributed by atoms with E-state index < -0.39 is 66.2 Å². The molecule has 0 aromatic carbocycles. The summed E-state index contributed by atoms with van der Waals surface area (Å²) in [6.07, 6.45) is 31.2. The molecule has 5 N–H and O–H groups in total. The summed E-state index contributed by atoms with van der Waals surface area (Å²) in [7, 11) is -9.69. The zero-order valence-electron chi connectivity index (χ0n) is 34.7. The number of aliphatic hydroxyl groups excluding tert-OH is 2. The zero-order chi connectivity index (χ0) is 42.6. The van der Waals surface area contributed by atoms with Crippen LogP contribution >= 0.6 is 15.6 Å². The molecule has 332 valence electrons. The maximum absolute atomic E-state index is 12.6. The second kappa shape index (κ2) is 35.9. The van der Waals surface area contributed by atoms with Gasteiger partial charge in [-0.25, -0.2) is 9.13 Å². The number of hydrogen-bond acceptors (Lipinski definition) is 11. The van der Waals surface area contributed by atoms with Gasteiger partial charge in [-0.3, -0.25) is 23.2 Å². The van der Waals surface area contributed by atoms with Crippen LogP contribution in [0, 0.1) is 5.92 Å². The number of carbonyl (C=O) groups excluding carboxylic acids is 2. The first-order chi connectivity index (χ1) is 27.1. The van der Waals surface area contributed by atoms with E-state index in [1.807, 2.05) is 12.2 Å². The van der Waals surface area contributed by atoms with Gasteiger partial charge < -0.3 is 34.4 Å². The molecule has 0 aromatic heterocycles. The summed E-state index contributed by atoms with van der Waals surface area (Å²) in [5.74, 6) is -0.370. The molecular formula is C41H74O14P2. The van der Waals surface area contributed by atoms with Gasteiger partial charge >= 0.3 is 27.6 Å². The van der Waals surface area contributed by atoms with Crippen molar-refractivity contribution >= 4 is 27.6 Å². The fraction of sp³-hybridized carbons (Fsp3) is 0.756. The zero-order valence-corrected chi connectivity index (χ0v) is 36.5. The first-order valence-corrected chi connectivity index (χ1v) is 23.7. The molecule has 0 aliphatic heterocycles. The molecule has 0 saturated heterocycles. The maximum atomic E-state index is 12.6. The van der Waals surface area contributed by atoms with Crippen molar-refractivity contribution in [3.63, 3.8) is 0 Å². The molecule has 0 fully saturated rings. The number of esters is 2. The third-order valence-electron chi connectivity index (χ3n) is 8.41. The van der Waals surface area contributed by atoms with Gasteiger partial charge in [-0.15, -0.1) is 0 Å². The van der Waals surface area contributed by atoms with Crippen molar-refractivity contribution in [3.8, 4) is 0 Å². The van der Waals surface area contributed by atoms with Crippen LogP contribution in [0.15, 0.2) is 48.6 Å². The van der Waals surface area contributed by atoms with Crippen LogP contribution in [0.2, 0.25) is 0 Å². The van der Waals surface area contributed by atoms with Crippen molar-refractivity contribution in [2.75, 3.05) is 26.4 Å². The summed E-state index contributed by atoms with van der Waals surface area (Å²) in [5.41, 5.74) is 0. The predicted molar refractivity (Wildman–Crippen MR) is 222 cm³/mol. The largest absolute Gasteiger partial charge is 0.472 e. The average Bonchev–Trinajstić information content (AvgIpc) is 3.14. The van der Waals surface area contributed by atoms with E-state index in [9.17, 15) is 33.8 Å². The molecule has 0 heterocycles. The SMILES string of the molecule is CC(C)CCCCCCCCCCCC(=O)O[C@H](COC(=O)CCC/C=C\C/C=C\C/C=C\C/C=C\CCC[C@@H](C)O)COP(=O)(O)OC[C@@H](O)COP(=O)(O)O. The lowest BCUT2D eigenvalue weighted by molar-refractivity contribution is -0.161. The smallest absolute Gasteiger partial charge is 0.462 e. The van der Waals surface area contributed by atoms with Crippen molar-refractivity contribution in [2.24, 2.45) is 5.92 Å². The minimum atomic E-state index is -4.87. The highest BCUT2D eigenvalue weighted by molar-refractivity contribution is 7.47. The minimum absolute atomic E-state index is 0.107. The van der Waals surface area contributed by atoms with Gasteiger partial charge in [0.15, 0.2) is 6.10 Å².